The Bertz CT molecular complexity index is 1030. The van der Waals surface area contributed by atoms with Crippen molar-refractivity contribution in [3.05, 3.63) is 68.8 Å². The molecule has 2 aromatic carbocycles. The molecule has 0 saturated carbocycles. The Labute approximate surface area is 191 Å². The molecule has 1 heterocycles. The number of aromatic nitrogens is 2. The van der Waals surface area contributed by atoms with Crippen molar-refractivity contribution < 1.29 is 5.11 Å². The van der Waals surface area contributed by atoms with Crippen LogP contribution in [0.25, 0.3) is 0 Å². The third-order valence-corrected chi connectivity index (χ3v) is 6.05. The topological polar surface area (TPSA) is 70.1 Å². The number of nitrogens with one attached hydrogen (secondary N) is 2. The second-order valence-corrected chi connectivity index (χ2v) is 9.00. The fraction of sp³-hybridized carbons (Fsp3) is 0.304. The van der Waals surface area contributed by atoms with Gasteiger partial charge in [0.1, 0.15) is 5.82 Å². The third kappa shape index (κ3) is 5.50. The summed E-state index contributed by atoms with van der Waals surface area (Å²) in [5, 5.41) is 17.5. The predicted octanol–water partition coefficient (Wildman–Crippen LogP) is 6.87. The molecule has 0 saturated heterocycles. The molecule has 0 aliphatic rings. The molecule has 0 radical (unpaired) electrons. The first-order valence-corrected chi connectivity index (χ1v) is 11.0. The number of nitrogens with zero attached hydrogens (tertiary/aromatic N) is 2. The van der Waals surface area contributed by atoms with E-state index in [0.717, 1.165) is 29.9 Å². The highest BCUT2D eigenvalue weighted by molar-refractivity contribution is 9.10. The summed E-state index contributed by atoms with van der Waals surface area (Å²) in [4.78, 5) is 8.99. The molecule has 0 spiro atoms. The van der Waals surface area contributed by atoms with Crippen molar-refractivity contribution in [1.29, 1.82) is 0 Å². The summed E-state index contributed by atoms with van der Waals surface area (Å²) in [6.07, 6.45) is 3.96. The van der Waals surface area contributed by atoms with Gasteiger partial charge in [-0.1, -0.05) is 37.1 Å². The van der Waals surface area contributed by atoms with Crippen LogP contribution in [-0.4, -0.2) is 15.1 Å². The average Bonchev–Trinajstić information content (AvgIpc) is 2.68. The second-order valence-electron chi connectivity index (χ2n) is 7.80. The van der Waals surface area contributed by atoms with Crippen molar-refractivity contribution in [1.82, 2.24) is 9.97 Å². The molecular formula is C23H26BrClN4O. The Morgan fingerprint density at radius 2 is 1.80 bits per heavy atom. The van der Waals surface area contributed by atoms with Crippen molar-refractivity contribution in [2.75, 3.05) is 10.6 Å². The summed E-state index contributed by atoms with van der Waals surface area (Å²) in [7, 11) is 0. The molecule has 7 heteroatoms. The largest absolute Gasteiger partial charge is 0.386 e. The van der Waals surface area contributed by atoms with Crippen molar-refractivity contribution in [2.45, 2.75) is 46.1 Å². The predicted molar refractivity (Wildman–Crippen MR) is 128 cm³/mol. The minimum absolute atomic E-state index is 0.436. The molecule has 0 aliphatic heterocycles. The molecule has 0 atom stereocenters. The Balaban J connectivity index is 1.84. The normalized spacial score (nSPS) is 11.4. The fourth-order valence-corrected chi connectivity index (χ4v) is 3.98. The number of hydrogen-bond acceptors (Lipinski definition) is 5. The number of hydrogen-bond donors (Lipinski definition) is 3. The molecule has 0 unspecified atom stereocenters. The monoisotopic (exact) mass is 488 g/mol. The molecule has 1 aromatic heterocycles. The number of anilines is 4. The van der Waals surface area contributed by atoms with Crippen LogP contribution in [0.15, 0.2) is 47.1 Å². The van der Waals surface area contributed by atoms with E-state index in [1.165, 1.54) is 5.56 Å². The van der Waals surface area contributed by atoms with Crippen LogP contribution in [0.4, 0.5) is 23.1 Å². The Hall–Kier alpha value is -2.15. The third-order valence-electron chi connectivity index (χ3n) is 4.67. The Morgan fingerprint density at radius 1 is 1.10 bits per heavy atom. The van der Waals surface area contributed by atoms with Gasteiger partial charge in [-0.05, 0) is 73.0 Å². The van der Waals surface area contributed by atoms with Crippen LogP contribution in [-0.2, 0) is 12.0 Å². The molecule has 3 rings (SSSR count). The van der Waals surface area contributed by atoms with Crippen molar-refractivity contribution in [3.8, 4) is 0 Å². The Morgan fingerprint density at radius 3 is 2.43 bits per heavy atom. The highest BCUT2D eigenvalue weighted by Crippen LogP contribution is 2.37. The highest BCUT2D eigenvalue weighted by Gasteiger charge is 2.22. The molecule has 0 aliphatic carbocycles. The molecule has 5 nitrogen and oxygen atoms in total. The van der Waals surface area contributed by atoms with Crippen LogP contribution < -0.4 is 10.6 Å². The van der Waals surface area contributed by atoms with Gasteiger partial charge in [0.15, 0.2) is 0 Å². The minimum Gasteiger partial charge on any atom is -0.386 e. The van der Waals surface area contributed by atoms with Gasteiger partial charge in [-0.2, -0.15) is 4.98 Å². The molecule has 30 heavy (non-hydrogen) atoms. The van der Waals surface area contributed by atoms with Crippen LogP contribution >= 0.6 is 27.5 Å². The smallest absolute Gasteiger partial charge is 0.229 e. The zero-order chi connectivity index (χ0) is 21.9. The quantitative estimate of drug-likeness (QED) is 0.338. The number of halogens is 2. The van der Waals surface area contributed by atoms with Crippen LogP contribution in [0.1, 0.15) is 43.9 Å². The van der Waals surface area contributed by atoms with Crippen molar-refractivity contribution in [3.63, 3.8) is 0 Å². The van der Waals surface area contributed by atoms with E-state index < -0.39 is 5.60 Å². The van der Waals surface area contributed by atoms with Gasteiger partial charge in [0, 0.05) is 33.2 Å². The first-order chi connectivity index (χ1) is 14.2. The van der Waals surface area contributed by atoms with Gasteiger partial charge in [0.2, 0.25) is 5.95 Å². The number of aryl methyl sites for hydroxylation is 2. The second kappa shape index (κ2) is 9.33. The summed E-state index contributed by atoms with van der Waals surface area (Å²) < 4.78 is 0.668. The van der Waals surface area contributed by atoms with Crippen LogP contribution in [0, 0.1) is 6.92 Å². The summed E-state index contributed by atoms with van der Waals surface area (Å²) >= 11 is 9.79. The van der Waals surface area contributed by atoms with Gasteiger partial charge in [-0.15, -0.1) is 0 Å². The SMILES string of the molecule is CCCc1ccc(Nc2nc(Nc3cc(Cl)c(Br)c(C(C)(C)O)c3)ncc2C)cc1. The van der Waals surface area contributed by atoms with Gasteiger partial charge < -0.3 is 15.7 Å². The van der Waals surface area contributed by atoms with Gasteiger partial charge in [0.25, 0.3) is 0 Å². The van der Waals surface area contributed by atoms with Gasteiger partial charge in [-0.25, -0.2) is 4.98 Å². The molecule has 158 valence electrons. The molecule has 3 N–H and O–H groups in total. The van der Waals surface area contributed by atoms with E-state index >= 15 is 0 Å². The lowest BCUT2D eigenvalue weighted by Gasteiger charge is -2.21. The highest BCUT2D eigenvalue weighted by atomic mass is 79.9. The van der Waals surface area contributed by atoms with Gasteiger partial charge in [0.05, 0.1) is 10.6 Å². The van der Waals surface area contributed by atoms with Crippen LogP contribution in [0.2, 0.25) is 5.02 Å². The number of benzene rings is 2. The first-order valence-electron chi connectivity index (χ1n) is 9.86. The lowest BCUT2D eigenvalue weighted by atomic mass is 9.98. The van der Waals surface area contributed by atoms with Crippen molar-refractivity contribution in [2.24, 2.45) is 0 Å². The molecular weight excluding hydrogens is 464 g/mol. The zero-order valence-electron chi connectivity index (χ0n) is 17.6. The van der Waals surface area contributed by atoms with Crippen LogP contribution in [0.5, 0.6) is 0 Å². The van der Waals surface area contributed by atoms with E-state index in [1.807, 2.05) is 13.0 Å². The number of aliphatic hydroxyl groups is 1. The van der Waals surface area contributed by atoms with E-state index in [-0.39, 0.29) is 0 Å². The van der Waals surface area contributed by atoms with Crippen LogP contribution in [0.3, 0.4) is 0 Å². The van der Waals surface area contributed by atoms with E-state index in [2.05, 4.69) is 67.7 Å². The zero-order valence-corrected chi connectivity index (χ0v) is 19.9. The number of rotatable bonds is 7. The summed E-state index contributed by atoms with van der Waals surface area (Å²) in [5.41, 5.74) is 3.54. The first kappa shape index (κ1) is 22.5. The van der Waals surface area contributed by atoms with Gasteiger partial charge in [-0.3, -0.25) is 0 Å². The van der Waals surface area contributed by atoms with Crippen molar-refractivity contribution >= 4 is 50.7 Å². The molecule has 0 amide bonds. The molecule has 0 fully saturated rings. The summed E-state index contributed by atoms with van der Waals surface area (Å²) in [6, 6.07) is 12.0. The Kier molecular flexibility index (Phi) is 7.01. The van der Waals surface area contributed by atoms with Gasteiger partial charge >= 0.3 is 0 Å². The lowest BCUT2D eigenvalue weighted by molar-refractivity contribution is 0.0779. The standard InChI is InChI=1S/C23H26BrClN4O/c1-5-6-15-7-9-16(10-8-15)27-21-14(2)13-26-22(29-21)28-17-11-18(23(3,4)30)20(24)19(25)12-17/h7-13,30H,5-6H2,1-4H3,(H2,26,27,28,29). The average molecular weight is 490 g/mol. The van der Waals surface area contributed by atoms with E-state index in [1.54, 1.807) is 26.1 Å². The fourth-order valence-electron chi connectivity index (χ4n) is 3.04. The maximum Gasteiger partial charge on any atom is 0.229 e. The summed E-state index contributed by atoms with van der Waals surface area (Å²) in [6.45, 7) is 7.56. The lowest BCUT2D eigenvalue weighted by Crippen LogP contribution is -2.16. The maximum atomic E-state index is 10.4. The van der Waals surface area contributed by atoms with E-state index in [4.69, 9.17) is 11.6 Å². The van der Waals surface area contributed by atoms with E-state index in [9.17, 15) is 5.11 Å². The molecule has 0 bridgehead atoms. The van der Waals surface area contributed by atoms with E-state index in [0.29, 0.717) is 26.7 Å². The molecule has 3 aromatic rings. The summed E-state index contributed by atoms with van der Waals surface area (Å²) in [5.74, 6) is 1.16. The maximum absolute atomic E-state index is 10.4. The minimum atomic E-state index is -1.05.